The van der Waals surface area contributed by atoms with Gasteiger partial charge < -0.3 is 19.5 Å². The molecular weight excluding hydrogens is 398 g/mol. The number of hydrogen-bond acceptors (Lipinski definition) is 7. The van der Waals surface area contributed by atoms with Gasteiger partial charge in [0.2, 0.25) is 5.95 Å². The van der Waals surface area contributed by atoms with Gasteiger partial charge in [0.1, 0.15) is 0 Å². The van der Waals surface area contributed by atoms with Crippen LogP contribution in [0.25, 0.3) is 11.2 Å². The summed E-state index contributed by atoms with van der Waals surface area (Å²) in [5, 5.41) is 3.38. The number of aromatic nitrogens is 4. The second kappa shape index (κ2) is 9.00. The Balaban J connectivity index is 0.00000240. The van der Waals surface area contributed by atoms with Crippen LogP contribution in [0.1, 0.15) is 19.3 Å². The zero-order valence-electron chi connectivity index (χ0n) is 16.9. The Hall–Kier alpha value is -2.33. The molecule has 4 heterocycles. The molecule has 0 atom stereocenters. The molecule has 0 amide bonds. The molecule has 0 spiro atoms. The molecule has 11 heteroatoms. The van der Waals surface area contributed by atoms with Crippen molar-refractivity contribution in [3.63, 3.8) is 0 Å². The van der Waals surface area contributed by atoms with Crippen molar-refractivity contribution in [1.29, 1.82) is 0 Å². The Morgan fingerprint density at radius 1 is 1.14 bits per heavy atom. The molecule has 10 nitrogen and oxygen atoms in total. The minimum Gasteiger partial charge on any atom is -0.378 e. The van der Waals surface area contributed by atoms with Gasteiger partial charge in [-0.1, -0.05) is 0 Å². The van der Waals surface area contributed by atoms with E-state index in [4.69, 9.17) is 9.72 Å². The summed E-state index contributed by atoms with van der Waals surface area (Å²) < 4.78 is 10.0. The van der Waals surface area contributed by atoms with Crippen LogP contribution in [0.15, 0.2) is 14.6 Å². The van der Waals surface area contributed by atoms with Crippen molar-refractivity contribution >= 4 is 35.4 Å². The predicted molar refractivity (Wildman–Crippen MR) is 115 cm³/mol. The first-order chi connectivity index (χ1) is 13.6. The van der Waals surface area contributed by atoms with E-state index in [1.54, 1.807) is 7.05 Å². The van der Waals surface area contributed by atoms with Crippen molar-refractivity contribution in [3.8, 4) is 0 Å². The smallest absolute Gasteiger partial charge is 0.332 e. The van der Waals surface area contributed by atoms with E-state index in [9.17, 15) is 9.59 Å². The van der Waals surface area contributed by atoms with Crippen molar-refractivity contribution in [2.75, 3.05) is 44.3 Å². The molecule has 160 valence electrons. The first-order valence-corrected chi connectivity index (χ1v) is 9.84. The summed E-state index contributed by atoms with van der Waals surface area (Å²) in [6, 6.07) is 0. The van der Waals surface area contributed by atoms with E-state index in [-0.39, 0.29) is 23.7 Å². The molecular formula is C18H28ClN7O3. The number of hydrogen-bond donors (Lipinski definition) is 1. The second-order valence-electron chi connectivity index (χ2n) is 7.25. The number of fused-ring (bicyclic) bond motifs is 1. The maximum atomic E-state index is 12.9. The maximum Gasteiger partial charge on any atom is 0.332 e. The molecule has 0 aliphatic carbocycles. The molecule has 0 saturated carbocycles. The number of aliphatic imine (C=N–C) groups is 1. The van der Waals surface area contributed by atoms with Crippen LogP contribution in [0, 0.1) is 0 Å². The van der Waals surface area contributed by atoms with Crippen LogP contribution in [0.3, 0.4) is 0 Å². The average molecular weight is 426 g/mol. The Bertz CT molecular complexity index is 1020. The van der Waals surface area contributed by atoms with Gasteiger partial charge in [0.25, 0.3) is 5.56 Å². The molecule has 0 unspecified atom stereocenters. The number of nitrogens with one attached hydrogen (secondary N) is 1. The third kappa shape index (κ3) is 4.04. The number of rotatable bonds is 5. The third-order valence-electron chi connectivity index (χ3n) is 5.38. The van der Waals surface area contributed by atoms with E-state index in [1.807, 2.05) is 4.57 Å². The lowest BCUT2D eigenvalue weighted by Crippen LogP contribution is -2.39. The number of morpholine rings is 1. The third-order valence-corrected chi connectivity index (χ3v) is 5.38. The molecule has 1 saturated heterocycles. The monoisotopic (exact) mass is 425 g/mol. The van der Waals surface area contributed by atoms with Crippen molar-refractivity contribution < 1.29 is 4.74 Å². The predicted octanol–water partition coefficient (Wildman–Crippen LogP) is -0.136. The van der Waals surface area contributed by atoms with Crippen molar-refractivity contribution in [2.45, 2.75) is 25.8 Å². The quantitative estimate of drug-likeness (QED) is 0.670. The van der Waals surface area contributed by atoms with Gasteiger partial charge in [-0.05, 0) is 12.8 Å². The first kappa shape index (κ1) is 21.4. The number of amidine groups is 1. The molecule has 4 rings (SSSR count). The fourth-order valence-corrected chi connectivity index (χ4v) is 3.81. The van der Waals surface area contributed by atoms with E-state index in [0.717, 1.165) is 48.7 Å². The van der Waals surface area contributed by atoms with Crippen LogP contribution < -0.4 is 21.5 Å². The summed E-state index contributed by atoms with van der Waals surface area (Å²) in [4.78, 5) is 36.4. The molecule has 0 aromatic carbocycles. The zero-order chi connectivity index (χ0) is 19.7. The summed E-state index contributed by atoms with van der Waals surface area (Å²) in [5.74, 6) is 1.80. The largest absolute Gasteiger partial charge is 0.378 e. The van der Waals surface area contributed by atoms with Crippen LogP contribution in [-0.2, 0) is 25.4 Å². The van der Waals surface area contributed by atoms with Crippen LogP contribution in [0.2, 0.25) is 0 Å². The second-order valence-corrected chi connectivity index (χ2v) is 7.25. The number of imidazole rings is 1. The normalized spacial score (nSPS) is 16.8. The van der Waals surface area contributed by atoms with E-state index >= 15 is 0 Å². The highest BCUT2D eigenvalue weighted by Gasteiger charge is 2.23. The van der Waals surface area contributed by atoms with Gasteiger partial charge in [-0.2, -0.15) is 4.98 Å². The van der Waals surface area contributed by atoms with E-state index in [1.165, 1.54) is 11.6 Å². The summed E-state index contributed by atoms with van der Waals surface area (Å²) in [6.45, 7) is 5.01. The lowest BCUT2D eigenvalue weighted by molar-refractivity contribution is 0.121. The van der Waals surface area contributed by atoms with Gasteiger partial charge in [-0.3, -0.25) is 18.9 Å². The highest BCUT2D eigenvalue weighted by atomic mass is 35.5. The van der Waals surface area contributed by atoms with E-state index in [0.29, 0.717) is 44.0 Å². The molecule has 2 aromatic heterocycles. The lowest BCUT2D eigenvalue weighted by atomic mass is 10.3. The fourth-order valence-electron chi connectivity index (χ4n) is 3.81. The van der Waals surface area contributed by atoms with Crippen LogP contribution in [0.4, 0.5) is 5.95 Å². The fraction of sp³-hybridized carbons (Fsp3) is 0.667. The van der Waals surface area contributed by atoms with Crippen molar-refractivity contribution in [2.24, 2.45) is 19.1 Å². The Morgan fingerprint density at radius 3 is 2.59 bits per heavy atom. The zero-order valence-corrected chi connectivity index (χ0v) is 17.7. The molecule has 2 aromatic rings. The average Bonchev–Trinajstić information content (AvgIpc) is 3.36. The molecule has 29 heavy (non-hydrogen) atoms. The highest BCUT2D eigenvalue weighted by molar-refractivity contribution is 5.85. The minimum absolute atomic E-state index is 0. The number of aryl methyl sites for hydroxylation is 2. The van der Waals surface area contributed by atoms with Gasteiger partial charge in [0, 0.05) is 53.2 Å². The van der Waals surface area contributed by atoms with Crippen LogP contribution in [-0.4, -0.2) is 63.9 Å². The van der Waals surface area contributed by atoms with Crippen molar-refractivity contribution in [1.82, 2.24) is 24.0 Å². The lowest BCUT2D eigenvalue weighted by Gasteiger charge is -2.28. The van der Waals surface area contributed by atoms with Crippen LogP contribution in [0.5, 0.6) is 0 Å². The summed E-state index contributed by atoms with van der Waals surface area (Å²) in [5.41, 5.74) is 0.238. The number of nitrogens with zero attached hydrogens (tertiary/aromatic N) is 6. The van der Waals surface area contributed by atoms with Gasteiger partial charge in [0.05, 0.1) is 19.0 Å². The SMILES string of the molecule is Cl.Cn1c(=O)c2c(nc(N3CCOCC3)n2CCCNC2=NCCC2)n(C)c1=O. The van der Waals surface area contributed by atoms with Crippen molar-refractivity contribution in [3.05, 3.63) is 20.8 Å². The molecule has 0 radical (unpaired) electrons. The van der Waals surface area contributed by atoms with Gasteiger partial charge >= 0.3 is 5.69 Å². The Kier molecular flexibility index (Phi) is 6.63. The first-order valence-electron chi connectivity index (χ1n) is 9.84. The molecule has 2 aliphatic rings. The number of ether oxygens (including phenoxy) is 1. The molecule has 2 aliphatic heterocycles. The van der Waals surface area contributed by atoms with Gasteiger partial charge in [-0.15, -0.1) is 12.4 Å². The maximum absolute atomic E-state index is 12.9. The summed E-state index contributed by atoms with van der Waals surface area (Å²) in [6.07, 6.45) is 2.95. The molecule has 1 N–H and O–H groups in total. The van der Waals surface area contributed by atoms with E-state index in [2.05, 4.69) is 15.2 Å². The number of halogens is 1. The Labute approximate surface area is 174 Å². The standard InChI is InChI=1S/C18H27N7O3.ClH/c1-22-15-14(16(26)23(2)18(22)27)25(8-4-7-20-13-5-3-6-19-13)17(21-15)24-9-11-28-12-10-24;/h3-12H2,1-2H3,(H,19,20);1H. The van der Waals surface area contributed by atoms with E-state index < -0.39 is 0 Å². The topological polar surface area (TPSA) is 98.7 Å². The Morgan fingerprint density at radius 2 is 1.90 bits per heavy atom. The summed E-state index contributed by atoms with van der Waals surface area (Å²) in [7, 11) is 3.17. The minimum atomic E-state index is -0.364. The highest BCUT2D eigenvalue weighted by Crippen LogP contribution is 2.21. The summed E-state index contributed by atoms with van der Waals surface area (Å²) >= 11 is 0. The van der Waals surface area contributed by atoms with Crippen LogP contribution >= 0.6 is 12.4 Å². The molecule has 1 fully saturated rings. The number of anilines is 1. The van der Waals surface area contributed by atoms with Gasteiger partial charge in [0.15, 0.2) is 11.2 Å². The van der Waals surface area contributed by atoms with Gasteiger partial charge in [-0.25, -0.2) is 4.79 Å². The molecule has 0 bridgehead atoms.